The molecule has 0 fully saturated rings. The molecule has 3 N–H and O–H groups in total. The average molecular weight is 288 g/mol. The maximum Gasteiger partial charge on any atom is 0.144 e. The van der Waals surface area contributed by atoms with E-state index in [4.69, 9.17) is 10.5 Å². The van der Waals surface area contributed by atoms with Crippen LogP contribution in [0.15, 0.2) is 42.5 Å². The monoisotopic (exact) mass is 288 g/mol. The molecule has 2 rings (SSSR count). The van der Waals surface area contributed by atoms with Crippen LogP contribution < -0.4 is 15.8 Å². The summed E-state index contributed by atoms with van der Waals surface area (Å²) >= 11 is 0. The summed E-state index contributed by atoms with van der Waals surface area (Å²) in [5.74, 6) is 0.452. The predicted octanol–water partition coefficient (Wildman–Crippen LogP) is 4.37. The largest absolute Gasteiger partial charge is 0.491 e. The van der Waals surface area contributed by atoms with Crippen molar-refractivity contribution in [3.8, 4) is 5.75 Å². The third kappa shape index (κ3) is 3.88. The van der Waals surface area contributed by atoms with E-state index in [0.29, 0.717) is 18.0 Å². The first-order valence-corrected chi connectivity index (χ1v) is 7.15. The number of hydrogen-bond acceptors (Lipinski definition) is 3. The van der Waals surface area contributed by atoms with Gasteiger partial charge in [-0.25, -0.2) is 4.39 Å². The molecule has 3 nitrogen and oxygen atoms in total. The quantitative estimate of drug-likeness (QED) is 0.776. The third-order valence-corrected chi connectivity index (χ3v) is 3.27. The number of benzene rings is 2. The van der Waals surface area contributed by atoms with Gasteiger partial charge in [-0.1, -0.05) is 25.1 Å². The van der Waals surface area contributed by atoms with Gasteiger partial charge in [-0.05, 0) is 43.2 Å². The van der Waals surface area contributed by atoms with Crippen LogP contribution in [0.1, 0.15) is 31.9 Å². The topological polar surface area (TPSA) is 47.3 Å². The van der Waals surface area contributed by atoms with Gasteiger partial charge in [0.05, 0.1) is 18.0 Å². The second kappa shape index (κ2) is 6.97. The highest BCUT2D eigenvalue weighted by Gasteiger charge is 2.10. The van der Waals surface area contributed by atoms with Crippen LogP contribution in [0.5, 0.6) is 5.75 Å². The van der Waals surface area contributed by atoms with Crippen molar-refractivity contribution < 1.29 is 9.13 Å². The molecule has 0 aliphatic heterocycles. The van der Waals surface area contributed by atoms with E-state index in [2.05, 4.69) is 12.2 Å². The van der Waals surface area contributed by atoms with Gasteiger partial charge >= 0.3 is 0 Å². The number of anilines is 2. The molecular formula is C17H21FN2O. The van der Waals surface area contributed by atoms with Gasteiger partial charge in [-0.15, -0.1) is 0 Å². The van der Waals surface area contributed by atoms with Crippen LogP contribution in [0.3, 0.4) is 0 Å². The van der Waals surface area contributed by atoms with Crippen molar-refractivity contribution in [1.82, 2.24) is 0 Å². The number of halogens is 1. The molecule has 0 aromatic heterocycles. The summed E-state index contributed by atoms with van der Waals surface area (Å²) in [4.78, 5) is 0. The van der Waals surface area contributed by atoms with Crippen molar-refractivity contribution in [3.63, 3.8) is 0 Å². The van der Waals surface area contributed by atoms with Crippen LogP contribution in [0.4, 0.5) is 15.8 Å². The van der Waals surface area contributed by atoms with E-state index < -0.39 is 0 Å². The fraction of sp³-hybridized carbons (Fsp3) is 0.294. The zero-order chi connectivity index (χ0) is 15.2. The van der Waals surface area contributed by atoms with Crippen LogP contribution in [0.25, 0.3) is 0 Å². The molecule has 0 aliphatic carbocycles. The maximum atomic E-state index is 13.0. The highest BCUT2D eigenvalue weighted by molar-refractivity contribution is 5.73. The van der Waals surface area contributed by atoms with Crippen LogP contribution >= 0.6 is 0 Å². The number of nitrogen functional groups attached to an aromatic ring is 1. The van der Waals surface area contributed by atoms with E-state index in [1.807, 2.05) is 25.1 Å². The molecule has 0 saturated heterocycles. The average Bonchev–Trinajstić information content (AvgIpc) is 2.49. The number of nitrogens with one attached hydrogen (secondary N) is 1. The fourth-order valence-corrected chi connectivity index (χ4v) is 2.08. The van der Waals surface area contributed by atoms with Crippen LogP contribution in [-0.2, 0) is 0 Å². The van der Waals surface area contributed by atoms with Gasteiger partial charge < -0.3 is 15.8 Å². The van der Waals surface area contributed by atoms with E-state index in [1.54, 1.807) is 12.1 Å². The summed E-state index contributed by atoms with van der Waals surface area (Å²) in [7, 11) is 0. The standard InChI is InChI=1S/C17H21FN2O/c1-3-11-21-16-6-4-5-15(17(16)19)20-12(2)13-7-9-14(18)10-8-13/h4-10,12,20H,3,11,19H2,1-2H3. The van der Waals surface area contributed by atoms with Crippen molar-refractivity contribution in [3.05, 3.63) is 53.8 Å². The molecule has 4 heteroatoms. The first-order valence-electron chi connectivity index (χ1n) is 7.15. The van der Waals surface area contributed by atoms with E-state index >= 15 is 0 Å². The fourth-order valence-electron chi connectivity index (χ4n) is 2.08. The number of nitrogens with two attached hydrogens (primary N) is 1. The molecule has 0 bridgehead atoms. The summed E-state index contributed by atoms with van der Waals surface area (Å²) < 4.78 is 18.6. The van der Waals surface area contributed by atoms with E-state index in [0.717, 1.165) is 17.7 Å². The molecule has 1 atom stereocenters. The van der Waals surface area contributed by atoms with E-state index in [-0.39, 0.29) is 11.9 Å². The number of ether oxygens (including phenoxy) is 1. The minimum atomic E-state index is -0.236. The zero-order valence-corrected chi connectivity index (χ0v) is 12.4. The molecule has 2 aromatic rings. The Balaban J connectivity index is 2.13. The minimum Gasteiger partial charge on any atom is -0.491 e. The lowest BCUT2D eigenvalue weighted by Crippen LogP contribution is -2.09. The molecule has 0 spiro atoms. The summed E-state index contributed by atoms with van der Waals surface area (Å²) in [5.41, 5.74) is 8.54. The minimum absolute atomic E-state index is 0.0225. The Morgan fingerprint density at radius 3 is 2.57 bits per heavy atom. The molecule has 0 aliphatic rings. The van der Waals surface area contributed by atoms with Crippen LogP contribution in [-0.4, -0.2) is 6.61 Å². The smallest absolute Gasteiger partial charge is 0.144 e. The molecule has 112 valence electrons. The Labute approximate surface area is 124 Å². The molecule has 0 amide bonds. The molecule has 0 heterocycles. The van der Waals surface area contributed by atoms with Gasteiger partial charge in [0, 0.05) is 6.04 Å². The molecule has 0 radical (unpaired) electrons. The molecule has 2 aromatic carbocycles. The van der Waals surface area contributed by atoms with Crippen molar-refractivity contribution in [2.45, 2.75) is 26.3 Å². The Kier molecular flexibility index (Phi) is 5.04. The van der Waals surface area contributed by atoms with Gasteiger partial charge in [-0.3, -0.25) is 0 Å². The number of rotatable bonds is 6. The lowest BCUT2D eigenvalue weighted by molar-refractivity contribution is 0.319. The van der Waals surface area contributed by atoms with Crippen molar-refractivity contribution in [2.75, 3.05) is 17.7 Å². The Hall–Kier alpha value is -2.23. The molecule has 21 heavy (non-hydrogen) atoms. The van der Waals surface area contributed by atoms with E-state index in [9.17, 15) is 4.39 Å². The lowest BCUT2D eigenvalue weighted by atomic mass is 10.1. The second-order valence-electron chi connectivity index (χ2n) is 4.98. The Morgan fingerprint density at radius 2 is 1.90 bits per heavy atom. The summed E-state index contributed by atoms with van der Waals surface area (Å²) in [6.07, 6.45) is 0.934. The van der Waals surface area contributed by atoms with E-state index in [1.165, 1.54) is 12.1 Å². The second-order valence-corrected chi connectivity index (χ2v) is 4.98. The van der Waals surface area contributed by atoms with Gasteiger partial charge in [0.2, 0.25) is 0 Å². The van der Waals surface area contributed by atoms with Gasteiger partial charge in [0.15, 0.2) is 0 Å². The Bertz CT molecular complexity index is 584. The zero-order valence-electron chi connectivity index (χ0n) is 12.4. The number of hydrogen-bond donors (Lipinski definition) is 2. The van der Waals surface area contributed by atoms with Gasteiger partial charge in [-0.2, -0.15) is 0 Å². The van der Waals surface area contributed by atoms with Gasteiger partial charge in [0.25, 0.3) is 0 Å². The summed E-state index contributed by atoms with van der Waals surface area (Å²) in [5, 5.41) is 3.34. The van der Waals surface area contributed by atoms with Crippen molar-refractivity contribution in [2.24, 2.45) is 0 Å². The molecule has 1 unspecified atom stereocenters. The molecular weight excluding hydrogens is 267 g/mol. The normalized spacial score (nSPS) is 12.0. The van der Waals surface area contributed by atoms with Crippen molar-refractivity contribution in [1.29, 1.82) is 0 Å². The molecule has 0 saturated carbocycles. The van der Waals surface area contributed by atoms with Gasteiger partial charge in [0.1, 0.15) is 11.6 Å². The van der Waals surface area contributed by atoms with Crippen molar-refractivity contribution >= 4 is 11.4 Å². The number of para-hydroxylation sites is 1. The Morgan fingerprint density at radius 1 is 1.19 bits per heavy atom. The highest BCUT2D eigenvalue weighted by Crippen LogP contribution is 2.32. The van der Waals surface area contributed by atoms with Crippen LogP contribution in [0.2, 0.25) is 0 Å². The van der Waals surface area contributed by atoms with Crippen LogP contribution in [0, 0.1) is 5.82 Å². The highest BCUT2D eigenvalue weighted by atomic mass is 19.1. The third-order valence-electron chi connectivity index (χ3n) is 3.27. The summed E-state index contributed by atoms with van der Waals surface area (Å²) in [6.45, 7) is 4.70. The predicted molar refractivity (Wildman–Crippen MR) is 85.1 cm³/mol. The summed E-state index contributed by atoms with van der Waals surface area (Å²) in [6, 6.07) is 12.1. The lowest BCUT2D eigenvalue weighted by Gasteiger charge is -2.19. The maximum absolute atomic E-state index is 13.0. The first-order chi connectivity index (χ1) is 10.1. The SMILES string of the molecule is CCCOc1cccc(NC(C)c2ccc(F)cc2)c1N. The first kappa shape index (κ1) is 15.2.